The summed E-state index contributed by atoms with van der Waals surface area (Å²) in [5.41, 5.74) is -0.824. The summed E-state index contributed by atoms with van der Waals surface area (Å²) < 4.78 is 9.11. The molecule has 126 valence electrons. The molecule has 2 heterocycles. The summed E-state index contributed by atoms with van der Waals surface area (Å²) in [4.78, 5) is 13.5. The summed E-state index contributed by atoms with van der Waals surface area (Å²) in [6.45, 7) is 0.613. The molecule has 0 bridgehead atoms. The molecule has 0 saturated carbocycles. The summed E-state index contributed by atoms with van der Waals surface area (Å²) in [5.74, 6) is 0.633. The Bertz CT molecular complexity index is 651. The fraction of sp³-hybridized carbons (Fsp3) is 0.571. The Morgan fingerprint density at radius 2 is 2.17 bits per heavy atom. The highest BCUT2D eigenvalue weighted by molar-refractivity contribution is 6.68. The first-order valence-corrected chi connectivity index (χ1v) is 8.08. The topological polar surface area (TPSA) is 64.8 Å². The van der Waals surface area contributed by atoms with Crippen LogP contribution in [-0.2, 0) is 0 Å². The molecule has 1 aromatic carbocycles. The molecule has 0 N–H and O–H groups in total. The number of likely N-dealkylation sites (N-methyl/N-ethyl adjacent to an activating group) is 1. The van der Waals surface area contributed by atoms with Crippen LogP contribution in [0.2, 0.25) is 0 Å². The Morgan fingerprint density at radius 3 is 2.74 bits per heavy atom. The first-order valence-electron chi connectivity index (χ1n) is 6.94. The van der Waals surface area contributed by atoms with E-state index in [1.807, 2.05) is 4.90 Å². The first kappa shape index (κ1) is 16.9. The third-order valence-corrected chi connectivity index (χ3v) is 5.14. The first-order chi connectivity index (χ1) is 10.7. The van der Waals surface area contributed by atoms with E-state index < -0.39 is 21.4 Å². The maximum atomic E-state index is 12.0. The van der Waals surface area contributed by atoms with E-state index in [0.717, 1.165) is 0 Å². The number of fused-ring (bicyclic) bond motifs is 3. The standard InChI is InChI=1S/C14H15Cl3N2O4/c1-18-6-10-9-5-8(22-2)3-4-11(9)23-12(14(15,16)17)13(10,7-18)19(20)21/h3-5,10,12H,6-7H2,1-2H3/t10-,12-,13+/m0/s1. The lowest BCUT2D eigenvalue weighted by atomic mass is 9.76. The van der Waals surface area contributed by atoms with Crippen molar-refractivity contribution in [2.24, 2.45) is 0 Å². The average Bonchev–Trinajstić information content (AvgIpc) is 2.83. The van der Waals surface area contributed by atoms with E-state index in [2.05, 4.69) is 0 Å². The number of benzene rings is 1. The number of ether oxygens (including phenoxy) is 2. The van der Waals surface area contributed by atoms with Crippen LogP contribution in [0.3, 0.4) is 0 Å². The maximum absolute atomic E-state index is 12.0. The minimum Gasteiger partial charge on any atom is -0.497 e. The van der Waals surface area contributed by atoms with Gasteiger partial charge in [-0.25, -0.2) is 0 Å². The van der Waals surface area contributed by atoms with Crippen molar-refractivity contribution in [2.45, 2.75) is 21.4 Å². The lowest BCUT2D eigenvalue weighted by Gasteiger charge is -2.41. The number of halogens is 3. The van der Waals surface area contributed by atoms with E-state index >= 15 is 0 Å². The fourth-order valence-corrected chi connectivity index (χ4v) is 4.30. The van der Waals surface area contributed by atoms with Crippen molar-refractivity contribution in [3.8, 4) is 11.5 Å². The number of likely N-dealkylation sites (tertiary alicyclic amines) is 1. The van der Waals surface area contributed by atoms with Crippen molar-refractivity contribution in [1.29, 1.82) is 0 Å². The van der Waals surface area contributed by atoms with E-state index in [1.165, 1.54) is 7.11 Å². The normalized spacial score (nSPS) is 30.3. The van der Waals surface area contributed by atoms with Crippen LogP contribution in [0.4, 0.5) is 0 Å². The highest BCUT2D eigenvalue weighted by Crippen LogP contribution is 2.54. The third-order valence-electron chi connectivity index (χ3n) is 4.55. The van der Waals surface area contributed by atoms with Gasteiger partial charge < -0.3 is 9.47 Å². The zero-order valence-corrected chi connectivity index (χ0v) is 14.7. The lowest BCUT2D eigenvalue weighted by molar-refractivity contribution is -0.581. The van der Waals surface area contributed by atoms with E-state index in [1.54, 1.807) is 25.2 Å². The average molecular weight is 382 g/mol. The van der Waals surface area contributed by atoms with E-state index in [-0.39, 0.29) is 11.5 Å². The van der Waals surface area contributed by atoms with Crippen LogP contribution in [-0.4, -0.2) is 52.5 Å². The van der Waals surface area contributed by atoms with Gasteiger partial charge in [0.2, 0.25) is 9.90 Å². The molecule has 2 aliphatic heterocycles. The van der Waals surface area contributed by atoms with Crippen molar-refractivity contribution < 1.29 is 14.4 Å². The molecule has 3 atom stereocenters. The van der Waals surface area contributed by atoms with E-state index in [4.69, 9.17) is 44.3 Å². The van der Waals surface area contributed by atoms with Gasteiger partial charge in [-0.2, -0.15) is 0 Å². The van der Waals surface area contributed by atoms with Gasteiger partial charge in [0, 0.05) is 17.0 Å². The fourth-order valence-electron chi connectivity index (χ4n) is 3.60. The van der Waals surface area contributed by atoms with Gasteiger partial charge in [0.05, 0.1) is 19.6 Å². The molecule has 0 aliphatic carbocycles. The number of rotatable bonds is 2. The van der Waals surface area contributed by atoms with Crippen LogP contribution >= 0.6 is 34.8 Å². The smallest absolute Gasteiger partial charge is 0.282 e. The molecule has 0 radical (unpaired) electrons. The second-order valence-corrected chi connectivity index (χ2v) is 8.31. The minimum absolute atomic E-state index is 0.139. The summed E-state index contributed by atoms with van der Waals surface area (Å²) >= 11 is 18.1. The molecular formula is C14H15Cl3N2O4. The molecule has 3 rings (SSSR count). The molecule has 0 unspecified atom stereocenters. The predicted octanol–water partition coefficient (Wildman–Crippen LogP) is 2.87. The van der Waals surface area contributed by atoms with Crippen LogP contribution < -0.4 is 9.47 Å². The summed E-state index contributed by atoms with van der Waals surface area (Å²) in [7, 11) is 3.34. The van der Waals surface area contributed by atoms with Gasteiger partial charge in [0.15, 0.2) is 0 Å². The molecule has 0 amide bonds. The minimum atomic E-state index is -1.92. The second-order valence-electron chi connectivity index (χ2n) is 5.94. The zero-order valence-electron chi connectivity index (χ0n) is 12.5. The largest absolute Gasteiger partial charge is 0.497 e. The molecule has 1 aromatic rings. The summed E-state index contributed by atoms with van der Waals surface area (Å²) in [5, 5.41) is 12.0. The zero-order chi connectivity index (χ0) is 17.0. The SMILES string of the molecule is COc1ccc2c(c1)[C@@H]1CN(C)C[C@]1([N+](=O)[O-])[C@@H](C(Cl)(Cl)Cl)O2. The van der Waals surface area contributed by atoms with Crippen molar-refractivity contribution in [2.75, 3.05) is 27.2 Å². The number of hydrogen-bond donors (Lipinski definition) is 0. The molecular weight excluding hydrogens is 367 g/mol. The van der Waals surface area contributed by atoms with Crippen LogP contribution in [0.25, 0.3) is 0 Å². The van der Waals surface area contributed by atoms with Gasteiger partial charge in [-0.3, -0.25) is 15.0 Å². The van der Waals surface area contributed by atoms with Crippen LogP contribution in [0.5, 0.6) is 11.5 Å². The molecule has 0 spiro atoms. The van der Waals surface area contributed by atoms with Crippen molar-refractivity contribution in [3.05, 3.63) is 33.9 Å². The van der Waals surface area contributed by atoms with Crippen LogP contribution in [0.15, 0.2) is 18.2 Å². The Labute approximate surface area is 148 Å². The number of hydrogen-bond acceptors (Lipinski definition) is 5. The number of alkyl halides is 3. The summed E-state index contributed by atoms with van der Waals surface area (Å²) in [6, 6.07) is 5.16. The quantitative estimate of drug-likeness (QED) is 0.448. The monoisotopic (exact) mass is 380 g/mol. The molecule has 0 aromatic heterocycles. The highest BCUT2D eigenvalue weighted by Gasteiger charge is 2.70. The highest BCUT2D eigenvalue weighted by atomic mass is 35.6. The van der Waals surface area contributed by atoms with Crippen molar-refractivity contribution in [1.82, 2.24) is 4.90 Å². The molecule has 23 heavy (non-hydrogen) atoms. The summed E-state index contributed by atoms with van der Waals surface area (Å²) in [6.07, 6.45) is -1.19. The molecule has 1 fully saturated rings. The number of methoxy groups -OCH3 is 1. The number of nitrogens with zero attached hydrogens (tertiary/aromatic N) is 2. The predicted molar refractivity (Wildman–Crippen MR) is 87.7 cm³/mol. The lowest BCUT2D eigenvalue weighted by Crippen LogP contribution is -2.63. The Kier molecular flexibility index (Phi) is 4.08. The van der Waals surface area contributed by atoms with Crippen LogP contribution in [0.1, 0.15) is 11.5 Å². The number of nitro groups is 1. The molecule has 1 saturated heterocycles. The van der Waals surface area contributed by atoms with Gasteiger partial charge in [0.25, 0.3) is 5.54 Å². The van der Waals surface area contributed by atoms with Crippen LogP contribution in [0, 0.1) is 10.1 Å². The maximum Gasteiger partial charge on any atom is 0.282 e. The Balaban J connectivity index is 2.22. The molecule has 2 aliphatic rings. The van der Waals surface area contributed by atoms with Gasteiger partial charge in [-0.1, -0.05) is 34.8 Å². The van der Waals surface area contributed by atoms with Gasteiger partial charge in [0.1, 0.15) is 11.5 Å². The second kappa shape index (κ2) is 5.55. The third kappa shape index (κ3) is 2.52. The van der Waals surface area contributed by atoms with Gasteiger partial charge >= 0.3 is 0 Å². The van der Waals surface area contributed by atoms with Gasteiger partial charge in [-0.05, 0) is 25.2 Å². The van der Waals surface area contributed by atoms with E-state index in [0.29, 0.717) is 23.6 Å². The Hall–Kier alpha value is -0.950. The van der Waals surface area contributed by atoms with Crippen molar-refractivity contribution >= 4 is 34.8 Å². The van der Waals surface area contributed by atoms with Gasteiger partial charge in [-0.15, -0.1) is 0 Å². The Morgan fingerprint density at radius 1 is 1.48 bits per heavy atom. The molecule has 9 heteroatoms. The van der Waals surface area contributed by atoms with E-state index in [9.17, 15) is 10.1 Å². The molecule has 6 nitrogen and oxygen atoms in total. The van der Waals surface area contributed by atoms with Crippen molar-refractivity contribution in [3.63, 3.8) is 0 Å².